The zero-order valence-electron chi connectivity index (χ0n) is 18.4. The molecule has 0 unspecified atom stereocenters. The maximum Gasteiger partial charge on any atom is 0.420 e. The minimum atomic E-state index is -5.32. The molecule has 0 aliphatic carbocycles. The first kappa shape index (κ1) is 28.1. The number of anilines is 2. The largest absolute Gasteiger partial charge is 0.422 e. The Morgan fingerprint density at radius 2 is 0.974 bits per heavy atom. The summed E-state index contributed by atoms with van der Waals surface area (Å²) in [5, 5.41) is 0. The van der Waals surface area contributed by atoms with Gasteiger partial charge >= 0.3 is 30.5 Å². The molecule has 0 spiro atoms. The molecular weight excluding hydrogens is 539 g/mol. The van der Waals surface area contributed by atoms with Crippen molar-refractivity contribution in [2.24, 2.45) is 0 Å². The summed E-state index contributed by atoms with van der Waals surface area (Å²) in [6, 6.07) is 5.09. The molecule has 0 amide bonds. The van der Waals surface area contributed by atoms with Crippen LogP contribution in [0.25, 0.3) is 0 Å². The Bertz CT molecular complexity index is 1400. The first-order valence-corrected chi connectivity index (χ1v) is 9.97. The summed E-state index contributed by atoms with van der Waals surface area (Å²) in [5.41, 5.74) is 2.96. The van der Waals surface area contributed by atoms with Crippen LogP contribution in [-0.4, -0.2) is 11.9 Å². The number of nitrogen functional groups attached to an aromatic ring is 2. The van der Waals surface area contributed by atoms with Gasteiger partial charge in [0.25, 0.3) is 0 Å². The zero-order chi connectivity index (χ0) is 28.6. The standard InChI is InChI=1S/C23H13F9N2O4/c24-21(25,26)14-8-11(33)2-4-13(14)20(36)38-17-5-1-10(7-15(17)22(27,28)29)19(35)37-18-6-3-12(34)9-16(18)23(30,31)32/h1-9H,33-34H2. The zero-order valence-corrected chi connectivity index (χ0v) is 18.4. The van der Waals surface area contributed by atoms with Gasteiger partial charge in [-0.1, -0.05) is 0 Å². The molecule has 0 aliphatic rings. The van der Waals surface area contributed by atoms with Crippen molar-refractivity contribution in [2.45, 2.75) is 18.5 Å². The number of carbonyl (C=O) groups excluding carboxylic acids is 2. The Morgan fingerprint density at radius 1 is 0.553 bits per heavy atom. The molecule has 0 saturated heterocycles. The number of hydrogen-bond donors (Lipinski definition) is 2. The molecule has 3 aromatic rings. The highest BCUT2D eigenvalue weighted by molar-refractivity contribution is 5.94. The van der Waals surface area contributed by atoms with Crippen LogP contribution in [0.15, 0.2) is 54.6 Å². The third-order valence-electron chi connectivity index (χ3n) is 4.80. The molecule has 3 aromatic carbocycles. The summed E-state index contributed by atoms with van der Waals surface area (Å²) < 4.78 is 130. The number of carbonyl (C=O) groups is 2. The summed E-state index contributed by atoms with van der Waals surface area (Å²) in [5.74, 6) is -5.81. The molecule has 0 fully saturated rings. The molecule has 3 rings (SSSR count). The second-order valence-electron chi connectivity index (χ2n) is 7.54. The Labute approximate surface area is 206 Å². The third-order valence-corrected chi connectivity index (χ3v) is 4.80. The number of ether oxygens (including phenoxy) is 2. The van der Waals surface area contributed by atoms with Crippen molar-refractivity contribution in [3.05, 3.63) is 82.4 Å². The Hall–Kier alpha value is -4.43. The molecule has 0 saturated carbocycles. The van der Waals surface area contributed by atoms with Crippen LogP contribution in [0.2, 0.25) is 0 Å². The number of benzene rings is 3. The van der Waals surface area contributed by atoms with Gasteiger partial charge in [-0.25, -0.2) is 9.59 Å². The van der Waals surface area contributed by atoms with Gasteiger partial charge in [-0.05, 0) is 54.6 Å². The van der Waals surface area contributed by atoms with Crippen molar-refractivity contribution in [3.8, 4) is 11.5 Å². The fourth-order valence-corrected chi connectivity index (χ4v) is 3.11. The van der Waals surface area contributed by atoms with E-state index in [0.717, 1.165) is 12.1 Å². The first-order chi connectivity index (χ1) is 17.4. The molecule has 0 radical (unpaired) electrons. The predicted octanol–water partition coefficient (Wildman–Crippen LogP) is 6.35. The lowest BCUT2D eigenvalue weighted by atomic mass is 10.1. The summed E-state index contributed by atoms with van der Waals surface area (Å²) in [7, 11) is 0. The topological polar surface area (TPSA) is 105 Å². The maximum absolute atomic E-state index is 13.7. The van der Waals surface area contributed by atoms with Crippen molar-refractivity contribution in [3.63, 3.8) is 0 Å². The lowest BCUT2D eigenvalue weighted by Gasteiger charge is -2.17. The van der Waals surface area contributed by atoms with E-state index in [1.807, 2.05) is 0 Å². The van der Waals surface area contributed by atoms with Crippen molar-refractivity contribution in [2.75, 3.05) is 11.5 Å². The van der Waals surface area contributed by atoms with Gasteiger partial charge in [-0.15, -0.1) is 0 Å². The van der Waals surface area contributed by atoms with Gasteiger partial charge in [0, 0.05) is 11.4 Å². The Morgan fingerprint density at radius 3 is 1.50 bits per heavy atom. The molecule has 0 bridgehead atoms. The Balaban J connectivity index is 1.97. The van der Waals surface area contributed by atoms with Crippen LogP contribution in [0.1, 0.15) is 37.4 Å². The van der Waals surface area contributed by atoms with Gasteiger partial charge in [0.15, 0.2) is 0 Å². The van der Waals surface area contributed by atoms with E-state index >= 15 is 0 Å². The van der Waals surface area contributed by atoms with Crippen LogP contribution in [-0.2, 0) is 18.5 Å². The quantitative estimate of drug-likeness (QED) is 0.169. The summed E-state index contributed by atoms with van der Waals surface area (Å²) in [6.45, 7) is 0. The van der Waals surface area contributed by atoms with Crippen LogP contribution in [0.5, 0.6) is 11.5 Å². The van der Waals surface area contributed by atoms with Gasteiger partial charge in [-0.2, -0.15) is 39.5 Å². The first-order valence-electron chi connectivity index (χ1n) is 9.97. The van der Waals surface area contributed by atoms with E-state index in [1.165, 1.54) is 0 Å². The van der Waals surface area contributed by atoms with Gasteiger partial charge in [-0.3, -0.25) is 0 Å². The van der Waals surface area contributed by atoms with Gasteiger partial charge in [0.05, 0.1) is 22.3 Å². The van der Waals surface area contributed by atoms with Crippen molar-refractivity contribution in [1.82, 2.24) is 0 Å². The molecule has 0 aromatic heterocycles. The monoisotopic (exact) mass is 552 g/mol. The highest BCUT2D eigenvalue weighted by Gasteiger charge is 2.39. The molecule has 38 heavy (non-hydrogen) atoms. The van der Waals surface area contributed by atoms with Crippen LogP contribution in [0.4, 0.5) is 50.9 Å². The van der Waals surface area contributed by atoms with E-state index < -0.39 is 69.8 Å². The normalized spacial score (nSPS) is 12.2. The molecule has 0 aliphatic heterocycles. The molecule has 6 nitrogen and oxygen atoms in total. The lowest BCUT2D eigenvalue weighted by Crippen LogP contribution is -2.20. The number of halogens is 9. The second kappa shape index (κ2) is 9.79. The van der Waals surface area contributed by atoms with Crippen LogP contribution in [0, 0.1) is 0 Å². The molecule has 15 heteroatoms. The minimum Gasteiger partial charge on any atom is -0.422 e. The van der Waals surface area contributed by atoms with Gasteiger partial charge in [0.2, 0.25) is 0 Å². The van der Waals surface area contributed by atoms with Crippen LogP contribution >= 0.6 is 0 Å². The van der Waals surface area contributed by atoms with E-state index in [1.54, 1.807) is 0 Å². The summed E-state index contributed by atoms with van der Waals surface area (Å²) in [4.78, 5) is 24.7. The SMILES string of the molecule is Nc1ccc(OC(=O)c2ccc(OC(=O)c3ccc(N)cc3C(F)(F)F)c(C(F)(F)F)c2)c(C(F)(F)F)c1. The second-order valence-corrected chi connectivity index (χ2v) is 7.54. The van der Waals surface area contributed by atoms with Crippen molar-refractivity contribution < 1.29 is 58.6 Å². The highest BCUT2D eigenvalue weighted by atomic mass is 19.4. The fraction of sp³-hybridized carbons (Fsp3) is 0.130. The number of alkyl halides is 9. The molecule has 0 heterocycles. The number of rotatable bonds is 4. The molecule has 0 atom stereocenters. The molecule has 202 valence electrons. The Kier molecular flexibility index (Phi) is 7.25. The number of hydrogen-bond acceptors (Lipinski definition) is 6. The van der Waals surface area contributed by atoms with Crippen LogP contribution in [0.3, 0.4) is 0 Å². The number of nitrogens with two attached hydrogens (primary N) is 2. The highest BCUT2D eigenvalue weighted by Crippen LogP contribution is 2.40. The maximum atomic E-state index is 13.7. The van der Waals surface area contributed by atoms with E-state index in [4.69, 9.17) is 11.5 Å². The molecule has 4 N–H and O–H groups in total. The number of esters is 2. The average Bonchev–Trinajstić information content (AvgIpc) is 2.78. The van der Waals surface area contributed by atoms with E-state index in [2.05, 4.69) is 9.47 Å². The third kappa shape index (κ3) is 6.27. The van der Waals surface area contributed by atoms with Gasteiger partial charge in [0.1, 0.15) is 17.1 Å². The average molecular weight is 552 g/mol. The lowest BCUT2D eigenvalue weighted by molar-refractivity contribution is -0.139. The minimum absolute atomic E-state index is 0.100. The predicted molar refractivity (Wildman–Crippen MR) is 113 cm³/mol. The van der Waals surface area contributed by atoms with Crippen molar-refractivity contribution >= 4 is 23.3 Å². The van der Waals surface area contributed by atoms with Crippen molar-refractivity contribution in [1.29, 1.82) is 0 Å². The van der Waals surface area contributed by atoms with E-state index in [0.29, 0.717) is 36.4 Å². The van der Waals surface area contributed by atoms with Crippen LogP contribution < -0.4 is 20.9 Å². The molecular formula is C23H13F9N2O4. The van der Waals surface area contributed by atoms with E-state index in [-0.39, 0.29) is 17.4 Å². The smallest absolute Gasteiger partial charge is 0.420 e. The van der Waals surface area contributed by atoms with E-state index in [9.17, 15) is 49.1 Å². The van der Waals surface area contributed by atoms with Gasteiger partial charge < -0.3 is 20.9 Å². The summed E-state index contributed by atoms with van der Waals surface area (Å²) in [6.07, 6.45) is -15.5. The summed E-state index contributed by atoms with van der Waals surface area (Å²) >= 11 is 0. The fourth-order valence-electron chi connectivity index (χ4n) is 3.11.